The van der Waals surface area contributed by atoms with Gasteiger partial charge in [0.2, 0.25) is 0 Å². The third kappa shape index (κ3) is 3.50. The Morgan fingerprint density at radius 3 is 3.12 bits per heavy atom. The Bertz CT molecular complexity index is 335. The first-order valence-corrected chi connectivity index (χ1v) is 7.58. The molecular formula is C13H23N3S. The Kier molecular flexibility index (Phi) is 4.95. The molecule has 1 aliphatic heterocycles. The van der Waals surface area contributed by atoms with Gasteiger partial charge in [-0.15, -0.1) is 11.3 Å². The van der Waals surface area contributed by atoms with E-state index in [0.717, 1.165) is 25.9 Å². The van der Waals surface area contributed by atoms with Crippen LogP contribution in [0.3, 0.4) is 0 Å². The summed E-state index contributed by atoms with van der Waals surface area (Å²) in [4.78, 5) is 7.24. The van der Waals surface area contributed by atoms with E-state index in [2.05, 4.69) is 22.2 Å². The predicted molar refractivity (Wildman–Crippen MR) is 73.2 cm³/mol. The number of hydrogen-bond donors (Lipinski definition) is 1. The molecule has 2 N–H and O–H groups in total. The molecule has 0 amide bonds. The summed E-state index contributed by atoms with van der Waals surface area (Å²) < 4.78 is 0. The Morgan fingerprint density at radius 1 is 1.53 bits per heavy atom. The van der Waals surface area contributed by atoms with Gasteiger partial charge >= 0.3 is 0 Å². The van der Waals surface area contributed by atoms with Gasteiger partial charge in [-0.1, -0.05) is 13.3 Å². The molecule has 1 saturated heterocycles. The van der Waals surface area contributed by atoms with Gasteiger partial charge in [0.1, 0.15) is 0 Å². The fraction of sp³-hybridized carbons (Fsp3) is 0.769. The molecule has 2 heterocycles. The summed E-state index contributed by atoms with van der Waals surface area (Å²) in [6, 6.07) is 0.681. The predicted octanol–water partition coefficient (Wildman–Crippen LogP) is 2.41. The average molecular weight is 253 g/mol. The molecule has 1 aromatic heterocycles. The molecule has 3 nitrogen and oxygen atoms in total. The highest BCUT2D eigenvalue weighted by atomic mass is 32.1. The van der Waals surface area contributed by atoms with E-state index < -0.39 is 0 Å². The van der Waals surface area contributed by atoms with E-state index in [-0.39, 0.29) is 0 Å². The second-order valence-electron chi connectivity index (χ2n) is 4.78. The normalized spacial score (nSPS) is 21.9. The van der Waals surface area contributed by atoms with Crippen molar-refractivity contribution in [3.05, 3.63) is 16.1 Å². The zero-order valence-corrected chi connectivity index (χ0v) is 11.5. The van der Waals surface area contributed by atoms with Crippen LogP contribution in [0.1, 0.15) is 43.3 Å². The molecule has 0 bridgehead atoms. The minimum Gasteiger partial charge on any atom is -0.330 e. The number of aromatic nitrogens is 1. The summed E-state index contributed by atoms with van der Waals surface area (Å²) in [5.74, 6) is 0. The van der Waals surface area contributed by atoms with Crippen molar-refractivity contribution in [1.82, 2.24) is 9.88 Å². The highest BCUT2D eigenvalue weighted by molar-refractivity contribution is 7.09. The molecule has 4 heteroatoms. The first-order valence-electron chi connectivity index (χ1n) is 6.71. The van der Waals surface area contributed by atoms with Crippen molar-refractivity contribution in [2.45, 2.75) is 51.6 Å². The monoisotopic (exact) mass is 253 g/mol. The van der Waals surface area contributed by atoms with E-state index in [1.54, 1.807) is 11.3 Å². The fourth-order valence-electron chi connectivity index (χ4n) is 2.58. The van der Waals surface area contributed by atoms with Crippen molar-refractivity contribution in [2.75, 3.05) is 13.1 Å². The fourth-order valence-corrected chi connectivity index (χ4v) is 3.32. The molecule has 96 valence electrons. The van der Waals surface area contributed by atoms with E-state index in [1.165, 1.54) is 36.5 Å². The van der Waals surface area contributed by atoms with Crippen LogP contribution in [0.25, 0.3) is 0 Å². The van der Waals surface area contributed by atoms with E-state index in [9.17, 15) is 0 Å². The summed E-state index contributed by atoms with van der Waals surface area (Å²) in [5, 5.41) is 3.47. The highest BCUT2D eigenvalue weighted by Crippen LogP contribution is 2.22. The van der Waals surface area contributed by atoms with Crippen molar-refractivity contribution in [3.63, 3.8) is 0 Å². The molecule has 0 saturated carbocycles. The van der Waals surface area contributed by atoms with Gasteiger partial charge in [-0.2, -0.15) is 0 Å². The minimum absolute atomic E-state index is 0.681. The molecule has 1 unspecified atom stereocenters. The van der Waals surface area contributed by atoms with Gasteiger partial charge in [-0.05, 0) is 38.8 Å². The number of aryl methyl sites for hydroxylation is 1. The minimum atomic E-state index is 0.681. The Morgan fingerprint density at radius 2 is 2.41 bits per heavy atom. The molecule has 1 aliphatic rings. The van der Waals surface area contributed by atoms with Crippen LogP contribution in [0, 0.1) is 0 Å². The summed E-state index contributed by atoms with van der Waals surface area (Å²) >= 11 is 1.79. The molecule has 0 radical (unpaired) electrons. The third-order valence-electron chi connectivity index (χ3n) is 3.52. The topological polar surface area (TPSA) is 42.2 Å². The van der Waals surface area contributed by atoms with Gasteiger partial charge < -0.3 is 5.73 Å². The molecule has 0 aliphatic carbocycles. The summed E-state index contributed by atoms with van der Waals surface area (Å²) in [7, 11) is 0. The van der Waals surface area contributed by atoms with Crippen molar-refractivity contribution in [3.8, 4) is 0 Å². The van der Waals surface area contributed by atoms with Gasteiger partial charge in [0.25, 0.3) is 0 Å². The highest BCUT2D eigenvalue weighted by Gasteiger charge is 2.22. The zero-order chi connectivity index (χ0) is 12.1. The number of rotatable bonds is 5. The summed E-state index contributed by atoms with van der Waals surface area (Å²) in [6.07, 6.45) is 6.17. The molecule has 0 spiro atoms. The van der Waals surface area contributed by atoms with Crippen molar-refractivity contribution < 1.29 is 0 Å². The summed E-state index contributed by atoms with van der Waals surface area (Å²) in [6.45, 7) is 5.20. The van der Waals surface area contributed by atoms with Crippen molar-refractivity contribution in [2.24, 2.45) is 5.73 Å². The van der Waals surface area contributed by atoms with Crippen LogP contribution in [0.5, 0.6) is 0 Å². The van der Waals surface area contributed by atoms with Crippen LogP contribution in [-0.4, -0.2) is 29.0 Å². The maximum atomic E-state index is 5.70. The number of thiazole rings is 1. The molecule has 2 rings (SSSR count). The van der Waals surface area contributed by atoms with Gasteiger partial charge in [0, 0.05) is 18.0 Å². The lowest BCUT2D eigenvalue weighted by atomic mass is 9.99. The lowest BCUT2D eigenvalue weighted by molar-refractivity contribution is 0.132. The standard InChI is InChI=1S/C13H23N3S/c1-2-13-15-11(10-17-13)9-16-8-4-3-5-12(16)6-7-14/h10,12H,2-9,14H2,1H3. The van der Waals surface area contributed by atoms with Crippen LogP contribution in [0.2, 0.25) is 0 Å². The van der Waals surface area contributed by atoms with Crippen molar-refractivity contribution in [1.29, 1.82) is 0 Å². The average Bonchev–Trinajstić information content (AvgIpc) is 2.80. The van der Waals surface area contributed by atoms with Crippen LogP contribution >= 0.6 is 11.3 Å². The third-order valence-corrected chi connectivity index (χ3v) is 4.56. The summed E-state index contributed by atoms with van der Waals surface area (Å²) in [5.41, 5.74) is 6.95. The Balaban J connectivity index is 1.95. The van der Waals surface area contributed by atoms with Gasteiger partial charge in [-0.25, -0.2) is 4.98 Å². The molecule has 1 atom stereocenters. The van der Waals surface area contributed by atoms with Crippen LogP contribution in [-0.2, 0) is 13.0 Å². The van der Waals surface area contributed by atoms with E-state index in [0.29, 0.717) is 6.04 Å². The first kappa shape index (κ1) is 13.0. The second-order valence-corrected chi connectivity index (χ2v) is 5.73. The largest absolute Gasteiger partial charge is 0.330 e. The van der Waals surface area contributed by atoms with Gasteiger partial charge in [0.05, 0.1) is 10.7 Å². The maximum absolute atomic E-state index is 5.70. The second kappa shape index (κ2) is 6.47. The van der Waals surface area contributed by atoms with Crippen LogP contribution < -0.4 is 5.73 Å². The molecule has 0 aromatic carbocycles. The molecule has 1 aromatic rings. The van der Waals surface area contributed by atoms with Gasteiger partial charge in [0.15, 0.2) is 0 Å². The zero-order valence-electron chi connectivity index (χ0n) is 10.7. The van der Waals surface area contributed by atoms with Crippen molar-refractivity contribution >= 4 is 11.3 Å². The SMILES string of the molecule is CCc1nc(CN2CCCCC2CCN)cs1. The van der Waals surface area contributed by atoms with E-state index in [1.807, 2.05) is 0 Å². The molecular weight excluding hydrogens is 230 g/mol. The van der Waals surface area contributed by atoms with Crippen LogP contribution in [0.15, 0.2) is 5.38 Å². The lowest BCUT2D eigenvalue weighted by Gasteiger charge is -2.35. The Labute approximate surface area is 108 Å². The quantitative estimate of drug-likeness (QED) is 0.876. The molecule has 17 heavy (non-hydrogen) atoms. The number of nitrogens with zero attached hydrogens (tertiary/aromatic N) is 2. The van der Waals surface area contributed by atoms with E-state index >= 15 is 0 Å². The van der Waals surface area contributed by atoms with Gasteiger partial charge in [-0.3, -0.25) is 4.90 Å². The number of piperidine rings is 1. The number of likely N-dealkylation sites (tertiary alicyclic amines) is 1. The smallest absolute Gasteiger partial charge is 0.0926 e. The van der Waals surface area contributed by atoms with Crippen LogP contribution in [0.4, 0.5) is 0 Å². The maximum Gasteiger partial charge on any atom is 0.0926 e. The molecule has 1 fully saturated rings. The number of hydrogen-bond acceptors (Lipinski definition) is 4. The Hall–Kier alpha value is -0.450. The van der Waals surface area contributed by atoms with E-state index in [4.69, 9.17) is 5.73 Å². The number of nitrogens with two attached hydrogens (primary N) is 1. The first-order chi connectivity index (χ1) is 8.33. The lowest BCUT2D eigenvalue weighted by Crippen LogP contribution is -2.40.